The predicted octanol–water partition coefficient (Wildman–Crippen LogP) is 3.41. The first kappa shape index (κ1) is 14.5. The van der Waals surface area contributed by atoms with Gasteiger partial charge in [-0.2, -0.15) is 0 Å². The van der Waals surface area contributed by atoms with Gasteiger partial charge in [-0.15, -0.1) is 0 Å². The van der Waals surface area contributed by atoms with E-state index in [0.29, 0.717) is 12.3 Å². The van der Waals surface area contributed by atoms with Crippen LogP contribution >= 0.6 is 0 Å². The van der Waals surface area contributed by atoms with Crippen LogP contribution in [0.3, 0.4) is 0 Å². The molecule has 0 aliphatic carbocycles. The van der Waals surface area contributed by atoms with Crippen LogP contribution in [-0.4, -0.2) is 9.97 Å². The molecule has 0 atom stereocenters. The molecule has 0 amide bonds. The zero-order valence-corrected chi connectivity index (χ0v) is 12.3. The van der Waals surface area contributed by atoms with Crippen LogP contribution < -0.4 is 10.5 Å². The summed E-state index contributed by atoms with van der Waals surface area (Å²) in [6.45, 7) is 6.56. The smallest absolute Gasteiger partial charge is 0.168 e. The van der Waals surface area contributed by atoms with E-state index < -0.39 is 0 Å². The van der Waals surface area contributed by atoms with Gasteiger partial charge in [0, 0.05) is 12.5 Å². The van der Waals surface area contributed by atoms with Crippen molar-refractivity contribution in [1.82, 2.24) is 9.97 Å². The molecule has 0 fully saturated rings. The number of rotatable bonds is 5. The van der Waals surface area contributed by atoms with E-state index in [1.54, 1.807) is 6.20 Å². The average Bonchev–Trinajstić information content (AvgIpc) is 2.48. The van der Waals surface area contributed by atoms with Crippen molar-refractivity contribution in [2.24, 2.45) is 5.73 Å². The molecule has 0 bridgehead atoms. The summed E-state index contributed by atoms with van der Waals surface area (Å²) in [4.78, 5) is 8.83. The van der Waals surface area contributed by atoms with Gasteiger partial charge in [0.1, 0.15) is 17.3 Å². The van der Waals surface area contributed by atoms with Crippen LogP contribution in [0.2, 0.25) is 0 Å². The van der Waals surface area contributed by atoms with E-state index in [-0.39, 0.29) is 5.92 Å². The van der Waals surface area contributed by atoms with Gasteiger partial charge in [0.05, 0.1) is 6.20 Å². The molecule has 0 aliphatic rings. The minimum absolute atomic E-state index is 0.275. The van der Waals surface area contributed by atoms with Gasteiger partial charge >= 0.3 is 0 Å². The second kappa shape index (κ2) is 6.48. The fourth-order valence-electron chi connectivity index (χ4n) is 1.95. The molecule has 0 saturated carbocycles. The molecule has 106 valence electrons. The Hall–Kier alpha value is -1.94. The Bertz CT molecular complexity index is 582. The molecule has 1 aromatic heterocycles. The highest BCUT2D eigenvalue weighted by atomic mass is 16.5. The third-order valence-corrected chi connectivity index (χ3v) is 3.13. The molecule has 0 saturated heterocycles. The number of aryl methyl sites for hydroxylation is 1. The SMILES string of the molecule is CCc1ccccc1Oc1cnc(C(C)C)nc1CN. The van der Waals surface area contributed by atoms with Gasteiger partial charge in [0.15, 0.2) is 5.75 Å². The second-order valence-corrected chi connectivity index (χ2v) is 4.96. The summed E-state index contributed by atoms with van der Waals surface area (Å²) in [6, 6.07) is 7.98. The predicted molar refractivity (Wildman–Crippen MR) is 79.9 cm³/mol. The summed E-state index contributed by atoms with van der Waals surface area (Å²) >= 11 is 0. The third-order valence-electron chi connectivity index (χ3n) is 3.13. The number of nitrogens with zero attached hydrogens (tertiary/aromatic N) is 2. The van der Waals surface area contributed by atoms with Gasteiger partial charge in [0.2, 0.25) is 0 Å². The van der Waals surface area contributed by atoms with Crippen molar-refractivity contribution in [2.75, 3.05) is 0 Å². The largest absolute Gasteiger partial charge is 0.453 e. The van der Waals surface area contributed by atoms with E-state index in [4.69, 9.17) is 10.5 Å². The maximum Gasteiger partial charge on any atom is 0.168 e. The Morgan fingerprint density at radius 1 is 1.20 bits per heavy atom. The first-order valence-electron chi connectivity index (χ1n) is 6.97. The molecule has 2 rings (SSSR count). The minimum Gasteiger partial charge on any atom is -0.453 e. The second-order valence-electron chi connectivity index (χ2n) is 4.96. The van der Waals surface area contributed by atoms with E-state index in [1.165, 1.54) is 0 Å². The monoisotopic (exact) mass is 271 g/mol. The molecule has 2 aromatic rings. The Balaban J connectivity index is 2.33. The summed E-state index contributed by atoms with van der Waals surface area (Å²) in [5, 5.41) is 0. The molecule has 4 nitrogen and oxygen atoms in total. The van der Waals surface area contributed by atoms with Crippen molar-refractivity contribution in [3.63, 3.8) is 0 Å². The van der Waals surface area contributed by atoms with Gasteiger partial charge in [0.25, 0.3) is 0 Å². The number of hydrogen-bond acceptors (Lipinski definition) is 4. The van der Waals surface area contributed by atoms with E-state index in [2.05, 4.69) is 36.8 Å². The minimum atomic E-state index is 0.275. The quantitative estimate of drug-likeness (QED) is 0.905. The Morgan fingerprint density at radius 2 is 1.95 bits per heavy atom. The standard InChI is InChI=1S/C16H21N3O/c1-4-12-7-5-6-8-14(12)20-15-10-18-16(11(2)3)19-13(15)9-17/h5-8,10-11H,4,9,17H2,1-3H3. The molecule has 0 radical (unpaired) electrons. The topological polar surface area (TPSA) is 61.0 Å². The van der Waals surface area contributed by atoms with Crippen LogP contribution in [0.25, 0.3) is 0 Å². The lowest BCUT2D eigenvalue weighted by Crippen LogP contribution is -2.08. The van der Waals surface area contributed by atoms with Crippen molar-refractivity contribution in [1.29, 1.82) is 0 Å². The van der Waals surface area contributed by atoms with Crippen molar-refractivity contribution < 1.29 is 4.74 Å². The van der Waals surface area contributed by atoms with Crippen LogP contribution in [0.1, 0.15) is 43.8 Å². The van der Waals surface area contributed by atoms with E-state index in [1.807, 2.05) is 18.2 Å². The molecular weight excluding hydrogens is 250 g/mol. The Kier molecular flexibility index (Phi) is 4.69. The van der Waals surface area contributed by atoms with E-state index >= 15 is 0 Å². The highest BCUT2D eigenvalue weighted by Gasteiger charge is 2.11. The maximum absolute atomic E-state index is 5.95. The van der Waals surface area contributed by atoms with Gasteiger partial charge in [-0.05, 0) is 18.1 Å². The lowest BCUT2D eigenvalue weighted by Gasteiger charge is -2.13. The number of benzene rings is 1. The van der Waals surface area contributed by atoms with Crippen LogP contribution in [0.5, 0.6) is 11.5 Å². The molecule has 20 heavy (non-hydrogen) atoms. The lowest BCUT2D eigenvalue weighted by atomic mass is 10.1. The van der Waals surface area contributed by atoms with Gasteiger partial charge < -0.3 is 10.5 Å². The average molecular weight is 271 g/mol. The summed E-state index contributed by atoms with van der Waals surface area (Å²) < 4.78 is 5.95. The van der Waals surface area contributed by atoms with Crippen LogP contribution in [-0.2, 0) is 13.0 Å². The zero-order valence-electron chi connectivity index (χ0n) is 12.3. The van der Waals surface area contributed by atoms with Crippen LogP contribution in [0.15, 0.2) is 30.5 Å². The van der Waals surface area contributed by atoms with Crippen molar-refractivity contribution >= 4 is 0 Å². The first-order chi connectivity index (χ1) is 9.65. The summed E-state index contributed by atoms with van der Waals surface area (Å²) in [6.07, 6.45) is 2.63. The van der Waals surface area contributed by atoms with Crippen molar-refractivity contribution in [3.05, 3.63) is 47.5 Å². The maximum atomic E-state index is 5.95. The molecular formula is C16H21N3O. The fourth-order valence-corrected chi connectivity index (χ4v) is 1.95. The lowest BCUT2D eigenvalue weighted by molar-refractivity contribution is 0.462. The van der Waals surface area contributed by atoms with E-state index in [9.17, 15) is 0 Å². The van der Waals surface area contributed by atoms with Crippen LogP contribution in [0.4, 0.5) is 0 Å². The molecule has 4 heteroatoms. The summed E-state index contributed by atoms with van der Waals surface area (Å²) in [5.41, 5.74) is 7.67. The van der Waals surface area contributed by atoms with Crippen LogP contribution in [0, 0.1) is 0 Å². The van der Waals surface area contributed by atoms with Crippen molar-refractivity contribution in [2.45, 2.75) is 39.7 Å². The molecule has 1 heterocycles. The van der Waals surface area contributed by atoms with E-state index in [0.717, 1.165) is 29.3 Å². The number of aromatic nitrogens is 2. The highest BCUT2D eigenvalue weighted by molar-refractivity contribution is 5.38. The highest BCUT2D eigenvalue weighted by Crippen LogP contribution is 2.27. The Morgan fingerprint density at radius 3 is 2.60 bits per heavy atom. The zero-order chi connectivity index (χ0) is 14.5. The molecule has 2 N–H and O–H groups in total. The summed E-state index contributed by atoms with van der Waals surface area (Å²) in [5.74, 6) is 2.54. The molecule has 1 aromatic carbocycles. The van der Waals surface area contributed by atoms with Crippen molar-refractivity contribution in [3.8, 4) is 11.5 Å². The van der Waals surface area contributed by atoms with Gasteiger partial charge in [-0.1, -0.05) is 39.0 Å². The van der Waals surface area contributed by atoms with Gasteiger partial charge in [-0.3, -0.25) is 0 Å². The Labute approximate surface area is 120 Å². The molecule has 0 unspecified atom stereocenters. The number of nitrogens with two attached hydrogens (primary N) is 1. The number of hydrogen-bond donors (Lipinski definition) is 1. The third kappa shape index (κ3) is 3.14. The molecule has 0 spiro atoms. The molecule has 0 aliphatic heterocycles. The number of ether oxygens (including phenoxy) is 1. The van der Waals surface area contributed by atoms with Gasteiger partial charge in [-0.25, -0.2) is 9.97 Å². The first-order valence-corrected chi connectivity index (χ1v) is 6.97. The number of para-hydroxylation sites is 1. The fraction of sp³-hybridized carbons (Fsp3) is 0.375. The normalized spacial score (nSPS) is 10.8. The summed E-state index contributed by atoms with van der Waals surface area (Å²) in [7, 11) is 0.